The Labute approximate surface area is 162 Å². The topological polar surface area (TPSA) is 49.3 Å². The summed E-state index contributed by atoms with van der Waals surface area (Å²) in [6, 6.07) is -1.82. The van der Waals surface area contributed by atoms with Crippen LogP contribution in [0.4, 0.5) is 61.5 Å². The zero-order valence-corrected chi connectivity index (χ0v) is 14.8. The summed E-state index contributed by atoms with van der Waals surface area (Å²) in [6.45, 7) is -0.235. The zero-order valence-electron chi connectivity index (χ0n) is 14.0. The van der Waals surface area contributed by atoms with Crippen molar-refractivity contribution in [2.24, 2.45) is 0 Å². The summed E-state index contributed by atoms with van der Waals surface area (Å²) in [5, 5.41) is 2.71. The lowest BCUT2D eigenvalue weighted by molar-refractivity contribution is -0.431. The van der Waals surface area contributed by atoms with Crippen molar-refractivity contribution in [2.45, 2.75) is 60.3 Å². The number of alkyl halides is 15. The summed E-state index contributed by atoms with van der Waals surface area (Å²) >= 11 is 3.44. The molecule has 18 heteroatoms. The summed E-state index contributed by atoms with van der Waals surface area (Å²) in [7, 11) is 0. The van der Waals surface area contributed by atoms with E-state index in [0.717, 1.165) is 12.2 Å². The largest absolute Gasteiger partial charge is 0.394 e. The van der Waals surface area contributed by atoms with Gasteiger partial charge in [-0.1, -0.05) is 6.92 Å². The van der Waals surface area contributed by atoms with Crippen LogP contribution in [0.1, 0.15) is 13.3 Å². The average molecular weight is 502 g/mol. The average Bonchev–Trinajstić information content (AvgIpc) is 2.57. The van der Waals surface area contributed by atoms with Gasteiger partial charge in [-0.15, -0.1) is 0 Å². The molecule has 0 aliphatic carbocycles. The normalized spacial score (nSPS) is 16.4. The number of nitrogens with one attached hydrogen (secondary N) is 1. The van der Waals surface area contributed by atoms with E-state index in [4.69, 9.17) is 5.11 Å². The molecule has 0 saturated heterocycles. The molecule has 0 aromatic heterocycles. The SMILES string of the molecule is CCC(CO)NC(=O)C(F)(F)C(F)(F)C(F)(F)C(F)(F)C(F)(F)C(F)(F)C(F)(F)Cl. The van der Waals surface area contributed by atoms with Gasteiger partial charge in [0.25, 0.3) is 5.91 Å². The number of halogens is 15. The molecule has 2 N–H and O–H groups in total. The van der Waals surface area contributed by atoms with Crippen LogP contribution < -0.4 is 5.32 Å². The maximum absolute atomic E-state index is 13.5. The van der Waals surface area contributed by atoms with Crippen molar-refractivity contribution in [3.63, 3.8) is 0 Å². The molecule has 0 aromatic rings. The second kappa shape index (κ2) is 8.02. The number of hydrogen-bond acceptors (Lipinski definition) is 2. The van der Waals surface area contributed by atoms with Crippen molar-refractivity contribution in [1.29, 1.82) is 0 Å². The van der Waals surface area contributed by atoms with Crippen molar-refractivity contribution < 1.29 is 71.4 Å². The predicted octanol–water partition coefficient (Wildman–Crippen LogP) is 4.52. The monoisotopic (exact) mass is 501 g/mol. The van der Waals surface area contributed by atoms with Crippen LogP contribution in [0.15, 0.2) is 0 Å². The molecule has 0 rings (SSSR count). The van der Waals surface area contributed by atoms with Crippen LogP contribution >= 0.6 is 11.6 Å². The minimum Gasteiger partial charge on any atom is -0.394 e. The molecule has 0 aliphatic rings. The molecule has 3 nitrogen and oxygen atoms in total. The van der Waals surface area contributed by atoms with Gasteiger partial charge in [0.2, 0.25) is 0 Å². The molecular weight excluding hydrogens is 492 g/mol. The van der Waals surface area contributed by atoms with E-state index in [2.05, 4.69) is 11.6 Å². The highest BCUT2D eigenvalue weighted by molar-refractivity contribution is 6.22. The van der Waals surface area contributed by atoms with Crippen LogP contribution in [-0.2, 0) is 4.79 Å². The van der Waals surface area contributed by atoms with Gasteiger partial charge < -0.3 is 10.4 Å². The summed E-state index contributed by atoms with van der Waals surface area (Å²) in [5.74, 6) is -50.6. The highest BCUT2D eigenvalue weighted by atomic mass is 35.5. The molecule has 0 heterocycles. The van der Waals surface area contributed by atoms with E-state index in [1.807, 2.05) is 0 Å². The summed E-state index contributed by atoms with van der Waals surface area (Å²) < 4.78 is 184. The second-order valence-electron chi connectivity index (χ2n) is 5.71. The molecule has 0 spiro atoms. The minimum absolute atomic E-state index is 0.508. The van der Waals surface area contributed by atoms with Crippen molar-refractivity contribution >= 4 is 17.5 Å². The lowest BCUT2D eigenvalue weighted by atomic mass is 9.91. The lowest BCUT2D eigenvalue weighted by Crippen LogP contribution is -2.74. The van der Waals surface area contributed by atoms with E-state index in [9.17, 15) is 66.3 Å². The standard InChI is InChI=1S/C12H10ClF14NO2/c1-2-4(3-29)28-5(30)6(14,15)7(16,17)8(18,19)9(20,21)10(22,23)11(24,25)12(13,26)27/h4,29H,2-3H2,1H3,(H,28,30). The Balaban J connectivity index is 6.45. The van der Waals surface area contributed by atoms with Gasteiger partial charge in [0.15, 0.2) is 0 Å². The lowest BCUT2D eigenvalue weighted by Gasteiger charge is -2.41. The third kappa shape index (κ3) is 3.98. The van der Waals surface area contributed by atoms with Crippen molar-refractivity contribution in [2.75, 3.05) is 6.61 Å². The summed E-state index contributed by atoms with van der Waals surface area (Å²) in [5.41, 5.74) is 0. The Kier molecular flexibility index (Phi) is 7.68. The summed E-state index contributed by atoms with van der Waals surface area (Å²) in [6.07, 6.45) is -0.508. The van der Waals surface area contributed by atoms with E-state index in [-0.39, 0.29) is 0 Å². The van der Waals surface area contributed by atoms with Crippen molar-refractivity contribution in [3.05, 3.63) is 0 Å². The molecule has 1 amide bonds. The second-order valence-corrected chi connectivity index (χ2v) is 6.18. The fourth-order valence-electron chi connectivity index (χ4n) is 1.66. The Morgan fingerprint density at radius 1 is 0.767 bits per heavy atom. The van der Waals surface area contributed by atoms with E-state index in [1.165, 1.54) is 0 Å². The fraction of sp³-hybridized carbons (Fsp3) is 0.917. The molecule has 180 valence electrons. The zero-order chi connectivity index (χ0) is 24.8. The third-order valence-electron chi connectivity index (χ3n) is 3.66. The third-order valence-corrected chi connectivity index (χ3v) is 3.90. The highest BCUT2D eigenvalue weighted by Crippen LogP contribution is 2.62. The van der Waals surface area contributed by atoms with E-state index < -0.39 is 65.9 Å². The number of aliphatic hydroxyl groups excluding tert-OH is 1. The molecule has 0 aliphatic heterocycles. The smallest absolute Gasteiger partial charge is 0.393 e. The van der Waals surface area contributed by atoms with Crippen molar-refractivity contribution in [1.82, 2.24) is 5.32 Å². The Morgan fingerprint density at radius 3 is 1.40 bits per heavy atom. The van der Waals surface area contributed by atoms with Crippen LogP contribution in [-0.4, -0.2) is 64.6 Å². The molecule has 30 heavy (non-hydrogen) atoms. The van der Waals surface area contributed by atoms with Gasteiger partial charge in [-0.25, -0.2) is 0 Å². The van der Waals surface area contributed by atoms with Gasteiger partial charge >= 0.3 is 40.9 Å². The first-order valence-electron chi connectivity index (χ1n) is 7.17. The maximum atomic E-state index is 13.5. The maximum Gasteiger partial charge on any atom is 0.393 e. The minimum atomic E-state index is -8.30. The van der Waals surface area contributed by atoms with E-state index in [1.54, 1.807) is 0 Å². The van der Waals surface area contributed by atoms with Gasteiger partial charge in [-0.3, -0.25) is 4.79 Å². The van der Waals surface area contributed by atoms with Gasteiger partial charge in [0, 0.05) is 0 Å². The van der Waals surface area contributed by atoms with Gasteiger partial charge in [0.1, 0.15) is 0 Å². The quantitative estimate of drug-likeness (QED) is 0.342. The van der Waals surface area contributed by atoms with Crippen LogP contribution in [0.5, 0.6) is 0 Å². The molecule has 1 unspecified atom stereocenters. The molecular formula is C12H10ClF14NO2. The highest BCUT2D eigenvalue weighted by Gasteiger charge is 2.93. The molecule has 0 bridgehead atoms. The molecule has 0 aromatic carbocycles. The number of rotatable bonds is 10. The predicted molar refractivity (Wildman–Crippen MR) is 69.8 cm³/mol. The van der Waals surface area contributed by atoms with E-state index in [0.29, 0.717) is 0 Å². The van der Waals surface area contributed by atoms with Crippen LogP contribution in [0.2, 0.25) is 0 Å². The number of hydrogen-bond donors (Lipinski definition) is 2. The number of amides is 1. The van der Waals surface area contributed by atoms with Gasteiger partial charge in [-0.2, -0.15) is 61.5 Å². The van der Waals surface area contributed by atoms with Crippen LogP contribution in [0.3, 0.4) is 0 Å². The first-order chi connectivity index (χ1) is 12.9. The molecule has 0 fully saturated rings. The van der Waals surface area contributed by atoms with E-state index >= 15 is 0 Å². The van der Waals surface area contributed by atoms with Crippen LogP contribution in [0, 0.1) is 0 Å². The Bertz CT molecular complexity index is 629. The molecule has 0 radical (unpaired) electrons. The Hall–Kier alpha value is -1.26. The molecule has 0 saturated carbocycles. The summed E-state index contributed by atoms with van der Waals surface area (Å²) in [4.78, 5) is 11.1. The fourth-order valence-corrected chi connectivity index (χ4v) is 1.78. The van der Waals surface area contributed by atoms with Crippen molar-refractivity contribution in [3.8, 4) is 0 Å². The first kappa shape index (κ1) is 28.7. The first-order valence-corrected chi connectivity index (χ1v) is 7.55. The van der Waals surface area contributed by atoms with Crippen LogP contribution in [0.25, 0.3) is 0 Å². The molecule has 1 atom stereocenters. The number of carbonyl (C=O) groups is 1. The number of carbonyl (C=O) groups excluding carboxylic acids is 1. The van der Waals surface area contributed by atoms with Gasteiger partial charge in [-0.05, 0) is 18.0 Å². The van der Waals surface area contributed by atoms with Gasteiger partial charge in [0.05, 0.1) is 12.6 Å². The Morgan fingerprint density at radius 2 is 1.10 bits per heavy atom. The number of aliphatic hydroxyl groups is 1.